The van der Waals surface area contributed by atoms with E-state index in [2.05, 4.69) is 10.3 Å². The molecule has 0 radical (unpaired) electrons. The minimum atomic E-state index is -0.201. The second-order valence-electron chi connectivity index (χ2n) is 7.34. The molecule has 0 spiro atoms. The first-order valence-electron chi connectivity index (χ1n) is 9.89. The van der Waals surface area contributed by atoms with Crippen molar-refractivity contribution in [3.63, 3.8) is 0 Å². The molecule has 28 heavy (non-hydrogen) atoms. The number of rotatable bonds is 4. The topological polar surface area (TPSA) is 71.5 Å². The van der Waals surface area contributed by atoms with Gasteiger partial charge in [-0.15, -0.1) is 11.3 Å². The summed E-state index contributed by atoms with van der Waals surface area (Å²) in [5.41, 5.74) is 1.42. The van der Waals surface area contributed by atoms with Gasteiger partial charge in [-0.25, -0.2) is 4.98 Å². The molecular weight excluding hydrogens is 374 g/mol. The van der Waals surface area contributed by atoms with Crippen molar-refractivity contribution in [1.82, 2.24) is 9.88 Å². The molecule has 1 unspecified atom stereocenters. The van der Waals surface area contributed by atoms with E-state index in [9.17, 15) is 9.59 Å². The molecule has 1 aliphatic heterocycles. The highest BCUT2D eigenvalue weighted by Crippen LogP contribution is 2.38. The number of benzene rings is 1. The van der Waals surface area contributed by atoms with Crippen molar-refractivity contribution in [2.45, 2.75) is 44.4 Å². The lowest BCUT2D eigenvalue weighted by atomic mass is 9.89. The van der Waals surface area contributed by atoms with Gasteiger partial charge in [-0.05, 0) is 62.8 Å². The molecule has 1 fully saturated rings. The van der Waals surface area contributed by atoms with Crippen LogP contribution in [0.15, 0.2) is 24.3 Å². The van der Waals surface area contributed by atoms with Crippen LogP contribution in [0.4, 0.5) is 5.13 Å². The number of ether oxygens (including phenoxy) is 1. The molecule has 1 saturated heterocycles. The van der Waals surface area contributed by atoms with Crippen molar-refractivity contribution >= 4 is 28.3 Å². The van der Waals surface area contributed by atoms with Gasteiger partial charge in [0.2, 0.25) is 5.91 Å². The fourth-order valence-electron chi connectivity index (χ4n) is 3.96. The Morgan fingerprint density at radius 3 is 2.61 bits per heavy atom. The van der Waals surface area contributed by atoms with Gasteiger partial charge in [0.25, 0.3) is 5.91 Å². The summed E-state index contributed by atoms with van der Waals surface area (Å²) in [5.74, 6) is 0.553. The number of methoxy groups -OCH3 is 1. The molecule has 7 heteroatoms. The van der Waals surface area contributed by atoms with Crippen molar-refractivity contribution < 1.29 is 14.3 Å². The summed E-state index contributed by atoms with van der Waals surface area (Å²) in [6.07, 6.45) is 6.15. The summed E-state index contributed by atoms with van der Waals surface area (Å²) in [5, 5.41) is 3.47. The van der Waals surface area contributed by atoms with Gasteiger partial charge in [0, 0.05) is 23.5 Å². The number of aromatic nitrogens is 1. The summed E-state index contributed by atoms with van der Waals surface area (Å²) in [6, 6.07) is 6.97. The smallest absolute Gasteiger partial charge is 0.257 e. The van der Waals surface area contributed by atoms with Crippen molar-refractivity contribution in [3.05, 3.63) is 40.4 Å². The molecule has 0 saturated carbocycles. The van der Waals surface area contributed by atoms with E-state index in [0.29, 0.717) is 16.4 Å². The van der Waals surface area contributed by atoms with Gasteiger partial charge >= 0.3 is 0 Å². The number of hydrogen-bond donors (Lipinski definition) is 1. The number of thiazole rings is 1. The van der Waals surface area contributed by atoms with Crippen LogP contribution in [0.5, 0.6) is 5.75 Å². The standard InChI is InChI=1S/C21H25N3O3S/c1-27-15-10-8-14(9-11-15)19(25)23-21-22-18-16(6-5-7-17(18)28-21)20(26)24-12-3-2-4-13-24/h8-11,16H,2-7,12-13H2,1H3,(H,22,23,25). The summed E-state index contributed by atoms with van der Waals surface area (Å²) in [6.45, 7) is 1.71. The molecule has 1 N–H and O–H groups in total. The number of fused-ring (bicyclic) bond motifs is 1. The van der Waals surface area contributed by atoms with Crippen molar-refractivity contribution in [3.8, 4) is 5.75 Å². The zero-order chi connectivity index (χ0) is 19.5. The highest BCUT2D eigenvalue weighted by atomic mass is 32.1. The van der Waals surface area contributed by atoms with Crippen molar-refractivity contribution in [1.29, 1.82) is 0 Å². The number of amides is 2. The second kappa shape index (κ2) is 8.31. The first-order valence-corrected chi connectivity index (χ1v) is 10.7. The minimum absolute atomic E-state index is 0.162. The van der Waals surface area contributed by atoms with Crippen LogP contribution in [-0.2, 0) is 11.2 Å². The zero-order valence-corrected chi connectivity index (χ0v) is 16.9. The summed E-state index contributed by atoms with van der Waals surface area (Å²) in [7, 11) is 1.59. The molecule has 2 amide bonds. The maximum Gasteiger partial charge on any atom is 0.257 e. The summed E-state index contributed by atoms with van der Waals surface area (Å²) >= 11 is 1.50. The number of aryl methyl sites for hydroxylation is 1. The molecule has 1 atom stereocenters. The van der Waals surface area contributed by atoms with Crippen LogP contribution < -0.4 is 10.1 Å². The third-order valence-corrected chi connectivity index (χ3v) is 6.54. The van der Waals surface area contributed by atoms with Crippen molar-refractivity contribution in [2.75, 3.05) is 25.5 Å². The number of piperidine rings is 1. The second-order valence-corrected chi connectivity index (χ2v) is 8.42. The SMILES string of the molecule is COc1ccc(C(=O)Nc2nc3c(s2)CCCC3C(=O)N2CCCCC2)cc1. The van der Waals surface area contributed by atoms with Crippen LogP contribution in [0.3, 0.4) is 0 Å². The predicted molar refractivity (Wildman–Crippen MR) is 109 cm³/mol. The summed E-state index contributed by atoms with van der Waals surface area (Å²) in [4.78, 5) is 33.3. The minimum Gasteiger partial charge on any atom is -0.497 e. The fraction of sp³-hybridized carbons (Fsp3) is 0.476. The molecule has 1 aromatic heterocycles. The number of carbonyl (C=O) groups excluding carboxylic acids is 2. The Balaban J connectivity index is 1.49. The predicted octanol–water partition coefficient (Wildman–Crippen LogP) is 3.84. The van der Waals surface area contributed by atoms with Crippen molar-refractivity contribution in [2.24, 2.45) is 0 Å². The van der Waals surface area contributed by atoms with E-state index in [-0.39, 0.29) is 17.7 Å². The quantitative estimate of drug-likeness (QED) is 0.848. The van der Waals surface area contributed by atoms with E-state index in [1.807, 2.05) is 4.90 Å². The molecule has 2 aromatic rings. The zero-order valence-electron chi connectivity index (χ0n) is 16.1. The Kier molecular flexibility index (Phi) is 5.62. The maximum atomic E-state index is 13.0. The molecule has 1 aromatic carbocycles. The molecule has 4 rings (SSSR count). The first-order chi connectivity index (χ1) is 13.7. The van der Waals surface area contributed by atoms with Gasteiger partial charge in [-0.1, -0.05) is 0 Å². The van der Waals surface area contributed by atoms with Gasteiger partial charge in [-0.3, -0.25) is 14.9 Å². The summed E-state index contributed by atoms with van der Waals surface area (Å²) < 4.78 is 5.13. The number of nitrogens with one attached hydrogen (secondary N) is 1. The Morgan fingerprint density at radius 1 is 1.14 bits per heavy atom. The number of likely N-dealkylation sites (tertiary alicyclic amines) is 1. The van der Waals surface area contributed by atoms with E-state index >= 15 is 0 Å². The number of hydrogen-bond acceptors (Lipinski definition) is 5. The lowest BCUT2D eigenvalue weighted by Gasteiger charge is -2.31. The maximum absolute atomic E-state index is 13.0. The van der Waals surface area contributed by atoms with Crippen LogP contribution in [0.2, 0.25) is 0 Å². The van der Waals surface area contributed by atoms with Gasteiger partial charge in [0.15, 0.2) is 5.13 Å². The Morgan fingerprint density at radius 2 is 1.89 bits per heavy atom. The molecule has 1 aliphatic carbocycles. The van der Waals surface area contributed by atoms with Crippen LogP contribution in [-0.4, -0.2) is 41.9 Å². The first kappa shape index (κ1) is 18.9. The largest absolute Gasteiger partial charge is 0.497 e. The Labute approximate surface area is 168 Å². The molecule has 2 heterocycles. The molecule has 6 nitrogen and oxygen atoms in total. The number of carbonyl (C=O) groups is 2. The third kappa shape index (κ3) is 3.90. The highest BCUT2D eigenvalue weighted by molar-refractivity contribution is 7.15. The van der Waals surface area contributed by atoms with Gasteiger partial charge in [-0.2, -0.15) is 0 Å². The Bertz CT molecular complexity index is 856. The van der Waals surface area contributed by atoms with Gasteiger partial charge in [0.05, 0.1) is 18.7 Å². The molecule has 148 valence electrons. The number of anilines is 1. The average Bonchev–Trinajstić information content (AvgIpc) is 3.16. The van der Waals surface area contributed by atoms with Gasteiger partial charge < -0.3 is 9.64 Å². The molecule has 2 aliphatic rings. The van der Waals surface area contributed by atoms with E-state index in [4.69, 9.17) is 4.74 Å². The van der Waals surface area contributed by atoms with Crippen LogP contribution >= 0.6 is 11.3 Å². The third-order valence-electron chi connectivity index (χ3n) is 5.49. The van der Waals surface area contributed by atoms with Crippen LogP contribution in [0, 0.1) is 0 Å². The normalized spacial score (nSPS) is 19.0. The highest BCUT2D eigenvalue weighted by Gasteiger charge is 2.33. The van der Waals surface area contributed by atoms with E-state index in [0.717, 1.165) is 55.8 Å². The van der Waals surface area contributed by atoms with Crippen LogP contribution in [0.25, 0.3) is 0 Å². The monoisotopic (exact) mass is 399 g/mol. The fourth-order valence-corrected chi connectivity index (χ4v) is 5.02. The Hall–Kier alpha value is -2.41. The molecule has 0 bridgehead atoms. The van der Waals surface area contributed by atoms with Gasteiger partial charge in [0.1, 0.15) is 5.75 Å². The van der Waals surface area contributed by atoms with E-state index in [1.54, 1.807) is 31.4 Å². The van der Waals surface area contributed by atoms with E-state index in [1.165, 1.54) is 17.8 Å². The van der Waals surface area contributed by atoms with Crippen LogP contribution in [0.1, 0.15) is 59.0 Å². The van der Waals surface area contributed by atoms with E-state index < -0.39 is 0 Å². The average molecular weight is 400 g/mol. The lowest BCUT2D eigenvalue weighted by molar-refractivity contribution is -0.134. The number of nitrogens with zero attached hydrogens (tertiary/aromatic N) is 2. The lowest BCUT2D eigenvalue weighted by Crippen LogP contribution is -2.39. The molecular formula is C21H25N3O3S.